The monoisotopic (exact) mass is 358 g/mol. The second kappa shape index (κ2) is 8.76. The molecule has 0 unspecified atom stereocenters. The van der Waals surface area contributed by atoms with Crippen molar-refractivity contribution in [1.82, 2.24) is 9.80 Å². The number of carbonyl (C=O) groups excluding carboxylic acids is 1. The number of nitrogens with one attached hydrogen (secondary N) is 1. The number of benzene rings is 1. The number of para-hydroxylation sites is 2. The number of nitrogens with zero attached hydrogens (tertiary/aromatic N) is 3. The second-order valence-corrected chi connectivity index (χ2v) is 8.21. The summed E-state index contributed by atoms with van der Waals surface area (Å²) in [5.74, 6) is 0.617. The first-order valence-electron chi connectivity index (χ1n) is 10.1. The summed E-state index contributed by atoms with van der Waals surface area (Å²) in [4.78, 5) is 19.8. The van der Waals surface area contributed by atoms with Gasteiger partial charge in [0.1, 0.15) is 0 Å². The van der Waals surface area contributed by atoms with Crippen LogP contribution >= 0.6 is 0 Å². The van der Waals surface area contributed by atoms with E-state index in [1.165, 1.54) is 6.42 Å². The van der Waals surface area contributed by atoms with Gasteiger partial charge in [-0.05, 0) is 50.8 Å². The fraction of sp³-hybridized carbons (Fsp3) is 0.667. The first-order valence-corrected chi connectivity index (χ1v) is 10.1. The van der Waals surface area contributed by atoms with Crippen LogP contribution in [0, 0.1) is 5.92 Å². The largest absolute Gasteiger partial charge is 0.367 e. The number of anilines is 2. The molecule has 2 saturated heterocycles. The molecule has 2 amide bonds. The number of rotatable bonds is 4. The maximum Gasteiger partial charge on any atom is 0.322 e. The minimum Gasteiger partial charge on any atom is -0.367 e. The van der Waals surface area contributed by atoms with Crippen LogP contribution in [0.25, 0.3) is 0 Å². The van der Waals surface area contributed by atoms with Crippen LogP contribution in [0.5, 0.6) is 0 Å². The lowest BCUT2D eigenvalue weighted by atomic mass is 9.94. The zero-order chi connectivity index (χ0) is 18.5. The van der Waals surface area contributed by atoms with Crippen molar-refractivity contribution in [1.29, 1.82) is 0 Å². The molecule has 26 heavy (non-hydrogen) atoms. The number of piperazine rings is 1. The minimum atomic E-state index is 0.0666. The van der Waals surface area contributed by atoms with Crippen molar-refractivity contribution in [3.8, 4) is 0 Å². The van der Waals surface area contributed by atoms with Crippen molar-refractivity contribution in [2.45, 2.75) is 45.6 Å². The third kappa shape index (κ3) is 4.70. The molecular weight excluding hydrogens is 324 g/mol. The molecule has 0 aromatic heterocycles. The van der Waals surface area contributed by atoms with E-state index in [-0.39, 0.29) is 6.03 Å². The highest BCUT2D eigenvalue weighted by Crippen LogP contribution is 2.28. The van der Waals surface area contributed by atoms with Gasteiger partial charge in [0.05, 0.1) is 11.4 Å². The zero-order valence-electron chi connectivity index (χ0n) is 16.6. The van der Waals surface area contributed by atoms with Gasteiger partial charge in [0, 0.05) is 38.8 Å². The Bertz CT molecular complexity index is 595. The third-order valence-corrected chi connectivity index (χ3v) is 5.62. The lowest BCUT2D eigenvalue weighted by Crippen LogP contribution is -2.47. The van der Waals surface area contributed by atoms with Crippen LogP contribution in [0.2, 0.25) is 0 Å². The smallest absolute Gasteiger partial charge is 0.322 e. The van der Waals surface area contributed by atoms with E-state index in [1.54, 1.807) is 0 Å². The topological polar surface area (TPSA) is 38.8 Å². The van der Waals surface area contributed by atoms with Gasteiger partial charge in [0.2, 0.25) is 0 Å². The second-order valence-electron chi connectivity index (χ2n) is 8.21. The Balaban J connectivity index is 1.70. The van der Waals surface area contributed by atoms with Crippen molar-refractivity contribution in [2.75, 3.05) is 50.0 Å². The van der Waals surface area contributed by atoms with Crippen LogP contribution in [0.3, 0.4) is 0 Å². The predicted molar refractivity (Wildman–Crippen MR) is 109 cm³/mol. The maximum absolute atomic E-state index is 13.0. The van der Waals surface area contributed by atoms with Crippen molar-refractivity contribution < 1.29 is 4.79 Å². The fourth-order valence-electron chi connectivity index (χ4n) is 4.15. The van der Waals surface area contributed by atoms with Crippen molar-refractivity contribution >= 4 is 17.4 Å². The molecule has 1 atom stereocenters. The molecule has 1 N–H and O–H groups in total. The Morgan fingerprint density at radius 1 is 1.12 bits per heavy atom. The predicted octanol–water partition coefficient (Wildman–Crippen LogP) is 3.87. The minimum absolute atomic E-state index is 0.0666. The van der Waals surface area contributed by atoms with Gasteiger partial charge in [-0.25, -0.2) is 4.79 Å². The third-order valence-electron chi connectivity index (χ3n) is 5.62. The molecule has 2 heterocycles. The molecule has 3 rings (SSSR count). The van der Waals surface area contributed by atoms with Gasteiger partial charge in [-0.15, -0.1) is 0 Å². The number of hydrogen-bond acceptors (Lipinski definition) is 3. The Morgan fingerprint density at radius 2 is 1.85 bits per heavy atom. The summed E-state index contributed by atoms with van der Waals surface area (Å²) in [5, 5.41) is 3.22. The highest BCUT2D eigenvalue weighted by molar-refractivity contribution is 5.93. The lowest BCUT2D eigenvalue weighted by molar-refractivity contribution is 0.150. The number of piperidine rings is 1. The number of hydrogen-bond donors (Lipinski definition) is 1. The average Bonchev–Trinajstić information content (AvgIpc) is 2.63. The summed E-state index contributed by atoms with van der Waals surface area (Å²) in [6.45, 7) is 9.49. The number of amides is 2. The van der Waals surface area contributed by atoms with E-state index in [0.29, 0.717) is 12.0 Å². The Labute approximate surface area is 158 Å². The van der Waals surface area contributed by atoms with Crippen LogP contribution in [0.4, 0.5) is 16.2 Å². The van der Waals surface area contributed by atoms with Gasteiger partial charge in [0.25, 0.3) is 0 Å². The Hall–Kier alpha value is -1.75. The van der Waals surface area contributed by atoms with E-state index < -0.39 is 0 Å². The van der Waals surface area contributed by atoms with E-state index in [0.717, 1.165) is 63.4 Å². The van der Waals surface area contributed by atoms with E-state index in [9.17, 15) is 4.79 Å². The highest BCUT2D eigenvalue weighted by atomic mass is 16.2. The van der Waals surface area contributed by atoms with Crippen LogP contribution in [0.15, 0.2) is 24.3 Å². The van der Waals surface area contributed by atoms with Crippen LogP contribution in [0.1, 0.15) is 39.5 Å². The summed E-state index contributed by atoms with van der Waals surface area (Å²) in [6.07, 6.45) is 4.57. The lowest BCUT2D eigenvalue weighted by Gasteiger charge is -2.38. The van der Waals surface area contributed by atoms with E-state index in [4.69, 9.17) is 0 Å². The SMILES string of the molecule is CC(C)C[C@@H]1CCCCN1C(=O)Nc1ccccc1N1CCN(C)CC1. The fourth-order valence-corrected chi connectivity index (χ4v) is 4.15. The molecule has 144 valence electrons. The molecule has 1 aromatic carbocycles. The van der Waals surface area contributed by atoms with Gasteiger partial charge in [-0.1, -0.05) is 26.0 Å². The summed E-state index contributed by atoms with van der Waals surface area (Å²) in [5.41, 5.74) is 2.09. The summed E-state index contributed by atoms with van der Waals surface area (Å²) < 4.78 is 0. The number of urea groups is 1. The van der Waals surface area contributed by atoms with E-state index >= 15 is 0 Å². The summed E-state index contributed by atoms with van der Waals surface area (Å²) >= 11 is 0. The van der Waals surface area contributed by atoms with Gasteiger partial charge >= 0.3 is 6.03 Å². The quantitative estimate of drug-likeness (QED) is 0.888. The molecule has 5 nitrogen and oxygen atoms in total. The average molecular weight is 359 g/mol. The highest BCUT2D eigenvalue weighted by Gasteiger charge is 2.28. The molecule has 2 aliphatic heterocycles. The molecule has 1 aromatic rings. The van der Waals surface area contributed by atoms with Crippen molar-refractivity contribution in [3.63, 3.8) is 0 Å². The molecule has 0 aliphatic carbocycles. The first-order chi connectivity index (χ1) is 12.5. The molecule has 0 saturated carbocycles. The number of likely N-dealkylation sites (tertiary alicyclic amines) is 1. The van der Waals surface area contributed by atoms with Gasteiger partial charge in [-0.2, -0.15) is 0 Å². The summed E-state index contributed by atoms with van der Waals surface area (Å²) in [7, 11) is 2.16. The molecule has 0 radical (unpaired) electrons. The maximum atomic E-state index is 13.0. The van der Waals surface area contributed by atoms with Crippen LogP contribution in [-0.4, -0.2) is 61.6 Å². The number of likely N-dealkylation sites (N-methyl/N-ethyl adjacent to an activating group) is 1. The molecule has 0 bridgehead atoms. The molecule has 2 fully saturated rings. The van der Waals surface area contributed by atoms with Gasteiger partial charge in [0.15, 0.2) is 0 Å². The molecular formula is C21H34N4O. The van der Waals surface area contributed by atoms with Gasteiger partial charge < -0.3 is 20.0 Å². The normalized spacial score (nSPS) is 21.9. The van der Waals surface area contributed by atoms with Crippen molar-refractivity contribution in [3.05, 3.63) is 24.3 Å². The Morgan fingerprint density at radius 3 is 2.58 bits per heavy atom. The van der Waals surface area contributed by atoms with Gasteiger partial charge in [-0.3, -0.25) is 0 Å². The standard InChI is InChI=1S/C21H34N4O/c1-17(2)16-18-8-6-7-11-25(18)21(26)22-19-9-4-5-10-20(19)24-14-12-23(3)13-15-24/h4-5,9-10,17-18H,6-8,11-16H2,1-3H3,(H,22,26)/t18-/m0/s1. The summed E-state index contributed by atoms with van der Waals surface area (Å²) in [6, 6.07) is 8.68. The Kier molecular flexibility index (Phi) is 6.41. The molecule has 5 heteroatoms. The number of carbonyl (C=O) groups is 1. The van der Waals surface area contributed by atoms with Crippen molar-refractivity contribution in [2.24, 2.45) is 5.92 Å². The molecule has 2 aliphatic rings. The first kappa shape index (κ1) is 19.0. The molecule has 0 spiro atoms. The van der Waals surface area contributed by atoms with E-state index in [2.05, 4.69) is 53.0 Å². The van der Waals surface area contributed by atoms with E-state index in [1.807, 2.05) is 12.1 Å². The zero-order valence-corrected chi connectivity index (χ0v) is 16.6. The van der Waals surface area contributed by atoms with Crippen LogP contribution < -0.4 is 10.2 Å². The van der Waals surface area contributed by atoms with Crippen LogP contribution in [-0.2, 0) is 0 Å².